The first kappa shape index (κ1) is 17.0. The van der Waals surface area contributed by atoms with Crippen LogP contribution in [0.1, 0.15) is 23.5 Å². The van der Waals surface area contributed by atoms with Crippen LogP contribution in [0.4, 0.5) is 5.82 Å². The van der Waals surface area contributed by atoms with Crippen LogP contribution in [0, 0.1) is 0 Å². The van der Waals surface area contributed by atoms with Crippen LogP contribution in [0.15, 0.2) is 95.9 Å². The van der Waals surface area contributed by atoms with Crippen molar-refractivity contribution in [3.05, 3.63) is 113 Å². The van der Waals surface area contributed by atoms with Gasteiger partial charge in [0, 0.05) is 24.7 Å². The second-order valence-corrected chi connectivity index (χ2v) is 6.50. The van der Waals surface area contributed by atoms with Crippen molar-refractivity contribution in [2.75, 3.05) is 11.9 Å². The highest BCUT2D eigenvalue weighted by Crippen LogP contribution is 2.27. The number of hydrogen-bond acceptors (Lipinski definition) is 3. The SMILES string of the molecule is O=c1cc(NCCC(c2ccccc2)c2ccccc2)nc2ccccn12. The lowest BCUT2D eigenvalue weighted by molar-refractivity contribution is 0.743. The summed E-state index contributed by atoms with van der Waals surface area (Å²) < 4.78 is 1.54. The van der Waals surface area contributed by atoms with E-state index in [1.54, 1.807) is 16.7 Å². The first-order chi connectivity index (χ1) is 13.3. The molecule has 4 nitrogen and oxygen atoms in total. The second-order valence-electron chi connectivity index (χ2n) is 6.50. The Kier molecular flexibility index (Phi) is 4.97. The predicted octanol–water partition coefficient (Wildman–Crippen LogP) is 4.33. The highest BCUT2D eigenvalue weighted by molar-refractivity contribution is 5.46. The molecule has 0 aliphatic heterocycles. The maximum atomic E-state index is 12.2. The average molecular weight is 355 g/mol. The van der Waals surface area contributed by atoms with Crippen molar-refractivity contribution in [1.82, 2.24) is 9.38 Å². The molecule has 0 aliphatic carbocycles. The van der Waals surface area contributed by atoms with Crippen LogP contribution in [-0.2, 0) is 0 Å². The largest absolute Gasteiger partial charge is 0.370 e. The number of hydrogen-bond donors (Lipinski definition) is 1. The van der Waals surface area contributed by atoms with E-state index in [4.69, 9.17) is 0 Å². The van der Waals surface area contributed by atoms with Gasteiger partial charge in [0.15, 0.2) is 0 Å². The van der Waals surface area contributed by atoms with Crippen molar-refractivity contribution in [2.45, 2.75) is 12.3 Å². The molecule has 0 unspecified atom stereocenters. The molecule has 0 saturated carbocycles. The second kappa shape index (κ2) is 7.87. The van der Waals surface area contributed by atoms with Gasteiger partial charge in [-0.25, -0.2) is 4.98 Å². The number of rotatable bonds is 6. The van der Waals surface area contributed by atoms with Gasteiger partial charge in [-0.3, -0.25) is 9.20 Å². The maximum Gasteiger partial charge on any atom is 0.259 e. The van der Waals surface area contributed by atoms with Gasteiger partial charge in [-0.1, -0.05) is 66.7 Å². The molecule has 4 heteroatoms. The Morgan fingerprint density at radius 3 is 2.15 bits per heavy atom. The van der Waals surface area contributed by atoms with Gasteiger partial charge in [0.05, 0.1) is 0 Å². The summed E-state index contributed by atoms with van der Waals surface area (Å²) in [6.07, 6.45) is 2.64. The lowest BCUT2D eigenvalue weighted by atomic mass is 9.88. The smallest absolute Gasteiger partial charge is 0.259 e. The van der Waals surface area contributed by atoms with Crippen LogP contribution < -0.4 is 10.9 Å². The number of nitrogens with zero attached hydrogens (tertiary/aromatic N) is 2. The fourth-order valence-electron chi connectivity index (χ4n) is 3.39. The Morgan fingerprint density at radius 1 is 0.852 bits per heavy atom. The van der Waals surface area contributed by atoms with E-state index < -0.39 is 0 Å². The van der Waals surface area contributed by atoms with Crippen molar-refractivity contribution < 1.29 is 0 Å². The van der Waals surface area contributed by atoms with Crippen LogP contribution in [0.25, 0.3) is 5.65 Å². The minimum absolute atomic E-state index is 0.0780. The minimum atomic E-state index is -0.0780. The number of fused-ring (bicyclic) bond motifs is 1. The van der Waals surface area contributed by atoms with Crippen molar-refractivity contribution in [3.8, 4) is 0 Å². The Morgan fingerprint density at radius 2 is 1.48 bits per heavy atom. The summed E-state index contributed by atoms with van der Waals surface area (Å²) in [5.74, 6) is 0.910. The van der Waals surface area contributed by atoms with Crippen LogP contribution in [0.2, 0.25) is 0 Å². The number of nitrogens with one attached hydrogen (secondary N) is 1. The Bertz CT molecular complexity index is 1040. The molecule has 0 bridgehead atoms. The lowest BCUT2D eigenvalue weighted by Gasteiger charge is -2.18. The van der Waals surface area contributed by atoms with Crippen molar-refractivity contribution in [2.24, 2.45) is 0 Å². The quantitative estimate of drug-likeness (QED) is 0.560. The van der Waals surface area contributed by atoms with Crippen molar-refractivity contribution >= 4 is 11.5 Å². The monoisotopic (exact) mass is 355 g/mol. The van der Waals surface area contributed by atoms with E-state index in [1.165, 1.54) is 11.1 Å². The first-order valence-electron chi connectivity index (χ1n) is 9.13. The molecule has 0 saturated heterocycles. The van der Waals surface area contributed by atoms with Crippen LogP contribution in [0.5, 0.6) is 0 Å². The molecule has 0 atom stereocenters. The molecule has 2 aromatic carbocycles. The van der Waals surface area contributed by atoms with Gasteiger partial charge in [0.25, 0.3) is 5.56 Å². The van der Waals surface area contributed by atoms with E-state index in [1.807, 2.05) is 30.3 Å². The zero-order valence-electron chi connectivity index (χ0n) is 15.0. The third-order valence-corrected chi connectivity index (χ3v) is 4.71. The Hall–Kier alpha value is -3.40. The van der Waals surface area contributed by atoms with Crippen molar-refractivity contribution in [3.63, 3.8) is 0 Å². The van der Waals surface area contributed by atoms with Crippen molar-refractivity contribution in [1.29, 1.82) is 0 Å². The lowest BCUT2D eigenvalue weighted by Crippen LogP contribution is -2.17. The van der Waals surface area contributed by atoms with Gasteiger partial charge < -0.3 is 5.32 Å². The van der Waals surface area contributed by atoms with E-state index in [-0.39, 0.29) is 5.56 Å². The molecule has 1 N–H and O–H groups in total. The van der Waals surface area contributed by atoms with Gasteiger partial charge in [-0.15, -0.1) is 0 Å². The number of aromatic nitrogens is 2. The number of anilines is 1. The Labute approximate surface area is 158 Å². The van der Waals surface area contributed by atoms with Gasteiger partial charge in [-0.2, -0.15) is 0 Å². The molecule has 0 spiro atoms. The van der Waals surface area contributed by atoms with Gasteiger partial charge in [0.1, 0.15) is 11.5 Å². The molecule has 0 fully saturated rings. The third kappa shape index (κ3) is 3.90. The maximum absolute atomic E-state index is 12.2. The molecule has 0 radical (unpaired) electrons. The summed E-state index contributed by atoms with van der Waals surface area (Å²) in [6.45, 7) is 0.726. The molecule has 4 aromatic rings. The summed E-state index contributed by atoms with van der Waals surface area (Å²) in [4.78, 5) is 16.8. The molecular weight excluding hydrogens is 334 g/mol. The van der Waals surface area contributed by atoms with Gasteiger partial charge >= 0.3 is 0 Å². The summed E-state index contributed by atoms with van der Waals surface area (Å²) >= 11 is 0. The zero-order valence-corrected chi connectivity index (χ0v) is 15.0. The molecule has 4 rings (SSSR count). The molecule has 0 aliphatic rings. The van der Waals surface area contributed by atoms with E-state index >= 15 is 0 Å². The highest BCUT2D eigenvalue weighted by atomic mass is 16.1. The van der Waals surface area contributed by atoms with E-state index in [0.29, 0.717) is 17.4 Å². The summed E-state index contributed by atoms with van der Waals surface area (Å²) in [5, 5.41) is 3.32. The average Bonchev–Trinajstić information content (AvgIpc) is 2.73. The highest BCUT2D eigenvalue weighted by Gasteiger charge is 2.13. The van der Waals surface area contributed by atoms with E-state index in [9.17, 15) is 4.79 Å². The van der Waals surface area contributed by atoms with Gasteiger partial charge in [-0.05, 0) is 29.7 Å². The minimum Gasteiger partial charge on any atom is -0.370 e. The molecule has 2 aromatic heterocycles. The summed E-state index contributed by atoms with van der Waals surface area (Å²) in [6, 6.07) is 28.1. The zero-order chi connectivity index (χ0) is 18.5. The fourth-order valence-corrected chi connectivity index (χ4v) is 3.39. The number of pyridine rings is 1. The van der Waals surface area contributed by atoms with E-state index in [2.05, 4.69) is 58.8 Å². The summed E-state index contributed by atoms with van der Waals surface area (Å²) in [7, 11) is 0. The normalized spacial score (nSPS) is 11.0. The van der Waals surface area contributed by atoms with Crippen LogP contribution >= 0.6 is 0 Å². The third-order valence-electron chi connectivity index (χ3n) is 4.71. The number of benzene rings is 2. The molecular formula is C23H21N3O. The van der Waals surface area contributed by atoms with Gasteiger partial charge in [0.2, 0.25) is 0 Å². The summed E-state index contributed by atoms with van der Waals surface area (Å²) in [5.41, 5.74) is 3.15. The predicted molar refractivity (Wildman–Crippen MR) is 109 cm³/mol. The molecule has 134 valence electrons. The Balaban J connectivity index is 1.53. The fraction of sp³-hybridized carbons (Fsp3) is 0.130. The standard InChI is InChI=1S/C23H21N3O/c27-23-17-21(25-22-13-7-8-16-26(22)23)24-15-14-20(18-9-3-1-4-10-18)19-11-5-2-6-12-19/h1-13,16-17,20,24H,14-15H2. The molecule has 27 heavy (non-hydrogen) atoms. The molecule has 0 amide bonds. The van der Waals surface area contributed by atoms with Crippen LogP contribution in [0.3, 0.4) is 0 Å². The van der Waals surface area contributed by atoms with Crippen LogP contribution in [-0.4, -0.2) is 15.9 Å². The molecule has 2 heterocycles. The topological polar surface area (TPSA) is 46.4 Å². The first-order valence-corrected chi connectivity index (χ1v) is 9.13. The van der Waals surface area contributed by atoms with E-state index in [0.717, 1.165) is 13.0 Å².